The molecule has 2 rings (SSSR count). The highest BCUT2D eigenvalue weighted by molar-refractivity contribution is 5.75. The van der Waals surface area contributed by atoms with Gasteiger partial charge in [-0.2, -0.15) is 0 Å². The first-order chi connectivity index (χ1) is 8.41. The molecule has 0 saturated heterocycles. The van der Waals surface area contributed by atoms with E-state index in [1.807, 2.05) is 0 Å². The topological polar surface area (TPSA) is 35.5 Å². The minimum Gasteiger partial charge on any atom is -0.467 e. The number of esters is 1. The highest BCUT2D eigenvalue weighted by Gasteiger charge is 2.41. The second-order valence-corrected chi connectivity index (χ2v) is 6.95. The minimum absolute atomic E-state index is 0.187. The van der Waals surface area contributed by atoms with Crippen molar-refractivity contribution in [3.8, 4) is 0 Å². The maximum Gasteiger partial charge on any atom is 0.335 e. The van der Waals surface area contributed by atoms with Crippen LogP contribution >= 0.6 is 0 Å². The van der Waals surface area contributed by atoms with Crippen molar-refractivity contribution >= 4 is 5.97 Å². The van der Waals surface area contributed by atoms with E-state index in [1.165, 1.54) is 13.5 Å². The van der Waals surface area contributed by atoms with Gasteiger partial charge in [-0.05, 0) is 49.4 Å². The molecular formula is C15H26O3. The molecule has 0 radical (unpaired) electrons. The molecule has 3 unspecified atom stereocenters. The Morgan fingerprint density at radius 3 is 2.44 bits per heavy atom. The zero-order valence-electron chi connectivity index (χ0n) is 12.1. The van der Waals surface area contributed by atoms with Gasteiger partial charge in [0.05, 0.1) is 13.2 Å². The SMILES string of the molecule is COC(=O)C(OC1CC(C)CC(C)(C)C1)C1CC1. The molecule has 0 aliphatic heterocycles. The van der Waals surface area contributed by atoms with Crippen molar-refractivity contribution in [2.45, 2.75) is 65.1 Å². The average molecular weight is 254 g/mol. The number of carbonyl (C=O) groups is 1. The highest BCUT2D eigenvalue weighted by atomic mass is 16.6. The zero-order chi connectivity index (χ0) is 13.3. The molecule has 0 spiro atoms. The third-order valence-electron chi connectivity index (χ3n) is 4.17. The number of hydrogen-bond donors (Lipinski definition) is 0. The predicted molar refractivity (Wildman–Crippen MR) is 70.2 cm³/mol. The molecule has 3 nitrogen and oxygen atoms in total. The summed E-state index contributed by atoms with van der Waals surface area (Å²) in [5, 5.41) is 0. The number of carbonyl (C=O) groups excluding carboxylic acids is 1. The van der Waals surface area contributed by atoms with Crippen molar-refractivity contribution in [1.82, 2.24) is 0 Å². The van der Waals surface area contributed by atoms with E-state index in [1.54, 1.807) is 0 Å². The first kappa shape index (κ1) is 13.9. The maximum atomic E-state index is 11.8. The van der Waals surface area contributed by atoms with Gasteiger partial charge in [-0.1, -0.05) is 20.8 Å². The Labute approximate surface area is 110 Å². The van der Waals surface area contributed by atoms with Crippen LogP contribution < -0.4 is 0 Å². The van der Waals surface area contributed by atoms with Crippen LogP contribution in [-0.2, 0) is 14.3 Å². The van der Waals surface area contributed by atoms with Crippen LogP contribution in [0.25, 0.3) is 0 Å². The molecule has 0 N–H and O–H groups in total. The Bertz CT molecular complexity index is 307. The van der Waals surface area contributed by atoms with E-state index in [2.05, 4.69) is 20.8 Å². The fraction of sp³-hybridized carbons (Fsp3) is 0.933. The van der Waals surface area contributed by atoms with Gasteiger partial charge in [-0.15, -0.1) is 0 Å². The summed E-state index contributed by atoms with van der Waals surface area (Å²) in [7, 11) is 1.45. The first-order valence-corrected chi connectivity index (χ1v) is 7.14. The zero-order valence-corrected chi connectivity index (χ0v) is 12.1. The van der Waals surface area contributed by atoms with Gasteiger partial charge in [0, 0.05) is 0 Å². The largest absolute Gasteiger partial charge is 0.467 e. The fourth-order valence-corrected chi connectivity index (χ4v) is 3.44. The van der Waals surface area contributed by atoms with Crippen molar-refractivity contribution in [2.24, 2.45) is 17.3 Å². The molecule has 0 heterocycles. The van der Waals surface area contributed by atoms with Crippen LogP contribution in [0.4, 0.5) is 0 Å². The third-order valence-corrected chi connectivity index (χ3v) is 4.17. The van der Waals surface area contributed by atoms with Gasteiger partial charge >= 0.3 is 5.97 Å². The van der Waals surface area contributed by atoms with Gasteiger partial charge in [0.25, 0.3) is 0 Å². The number of rotatable bonds is 4. The molecule has 0 bridgehead atoms. The summed E-state index contributed by atoms with van der Waals surface area (Å²) in [6.07, 6.45) is 5.48. The highest BCUT2D eigenvalue weighted by Crippen LogP contribution is 2.42. The van der Waals surface area contributed by atoms with Crippen LogP contribution in [0.5, 0.6) is 0 Å². The van der Waals surface area contributed by atoms with Gasteiger partial charge in [-0.25, -0.2) is 4.79 Å². The second kappa shape index (κ2) is 5.20. The Balaban J connectivity index is 1.96. The van der Waals surface area contributed by atoms with E-state index in [-0.39, 0.29) is 18.2 Å². The summed E-state index contributed by atoms with van der Waals surface area (Å²) in [6, 6.07) is 0. The molecule has 2 aliphatic rings. The molecule has 3 heteroatoms. The van der Waals surface area contributed by atoms with E-state index < -0.39 is 0 Å². The van der Waals surface area contributed by atoms with E-state index in [4.69, 9.17) is 9.47 Å². The third kappa shape index (κ3) is 3.47. The van der Waals surface area contributed by atoms with E-state index in [0.717, 1.165) is 25.7 Å². The van der Waals surface area contributed by atoms with Crippen molar-refractivity contribution < 1.29 is 14.3 Å². The van der Waals surface area contributed by atoms with Crippen LogP contribution in [0.15, 0.2) is 0 Å². The average Bonchev–Trinajstić information content (AvgIpc) is 3.05. The summed E-state index contributed by atoms with van der Waals surface area (Å²) in [5.74, 6) is 0.891. The lowest BCUT2D eigenvalue weighted by atomic mass is 9.71. The van der Waals surface area contributed by atoms with E-state index in [0.29, 0.717) is 17.3 Å². The minimum atomic E-state index is -0.318. The number of hydrogen-bond acceptors (Lipinski definition) is 3. The lowest BCUT2D eigenvalue weighted by molar-refractivity contribution is -0.164. The van der Waals surface area contributed by atoms with Gasteiger partial charge < -0.3 is 9.47 Å². The Morgan fingerprint density at radius 2 is 1.94 bits per heavy atom. The molecule has 3 atom stereocenters. The maximum absolute atomic E-state index is 11.8. The van der Waals surface area contributed by atoms with Crippen molar-refractivity contribution in [3.05, 3.63) is 0 Å². The van der Waals surface area contributed by atoms with E-state index in [9.17, 15) is 4.79 Å². The molecule has 0 aromatic heterocycles. The predicted octanol–water partition coefficient (Wildman–Crippen LogP) is 3.17. The fourth-order valence-electron chi connectivity index (χ4n) is 3.44. The summed E-state index contributed by atoms with van der Waals surface area (Å²) < 4.78 is 11.0. The second-order valence-electron chi connectivity index (χ2n) is 6.95. The molecule has 2 saturated carbocycles. The molecule has 0 amide bonds. The molecule has 2 aliphatic carbocycles. The Kier molecular flexibility index (Phi) is 4.00. The summed E-state index contributed by atoms with van der Waals surface area (Å²) in [5.41, 5.74) is 0.326. The standard InChI is InChI=1S/C15H26O3/c1-10-7-12(9-15(2,3)8-10)18-13(11-5-6-11)14(16)17-4/h10-13H,5-9H2,1-4H3. The van der Waals surface area contributed by atoms with Gasteiger partial charge in [0.15, 0.2) is 6.10 Å². The molecule has 2 fully saturated rings. The van der Waals surface area contributed by atoms with Crippen molar-refractivity contribution in [3.63, 3.8) is 0 Å². The molecule has 0 aromatic carbocycles. The quantitative estimate of drug-likeness (QED) is 0.723. The van der Waals surface area contributed by atoms with Crippen LogP contribution in [0.1, 0.15) is 52.9 Å². The molecular weight excluding hydrogens is 228 g/mol. The van der Waals surface area contributed by atoms with Gasteiger partial charge in [-0.3, -0.25) is 0 Å². The molecule has 104 valence electrons. The number of ether oxygens (including phenoxy) is 2. The van der Waals surface area contributed by atoms with Crippen molar-refractivity contribution in [2.75, 3.05) is 7.11 Å². The molecule has 18 heavy (non-hydrogen) atoms. The lowest BCUT2D eigenvalue weighted by Crippen LogP contribution is -2.38. The summed E-state index contributed by atoms with van der Waals surface area (Å²) >= 11 is 0. The normalized spacial score (nSPS) is 32.9. The van der Waals surface area contributed by atoms with Gasteiger partial charge in [0.2, 0.25) is 0 Å². The van der Waals surface area contributed by atoms with Crippen LogP contribution in [0.3, 0.4) is 0 Å². The first-order valence-electron chi connectivity index (χ1n) is 7.14. The van der Waals surface area contributed by atoms with E-state index >= 15 is 0 Å². The molecule has 0 aromatic rings. The Morgan fingerprint density at radius 1 is 1.28 bits per heavy atom. The smallest absolute Gasteiger partial charge is 0.335 e. The van der Waals surface area contributed by atoms with Crippen LogP contribution in [0.2, 0.25) is 0 Å². The van der Waals surface area contributed by atoms with Crippen LogP contribution in [0, 0.1) is 17.3 Å². The van der Waals surface area contributed by atoms with Crippen LogP contribution in [-0.4, -0.2) is 25.3 Å². The summed E-state index contributed by atoms with van der Waals surface area (Å²) in [4.78, 5) is 11.8. The number of methoxy groups -OCH3 is 1. The summed E-state index contributed by atoms with van der Waals surface area (Å²) in [6.45, 7) is 6.87. The lowest BCUT2D eigenvalue weighted by Gasteiger charge is -2.39. The monoisotopic (exact) mass is 254 g/mol. The Hall–Kier alpha value is -0.570. The van der Waals surface area contributed by atoms with Crippen molar-refractivity contribution in [1.29, 1.82) is 0 Å². The van der Waals surface area contributed by atoms with Gasteiger partial charge in [0.1, 0.15) is 0 Å².